The molecule has 5 nitrogen and oxygen atoms in total. The summed E-state index contributed by atoms with van der Waals surface area (Å²) in [6.07, 6.45) is 3.31. The molecule has 0 radical (unpaired) electrons. The Morgan fingerprint density at radius 2 is 2.27 bits per heavy atom. The second-order valence-electron chi connectivity index (χ2n) is 5.47. The molecule has 1 aromatic carbocycles. The lowest BCUT2D eigenvalue weighted by atomic mass is 10.1. The van der Waals surface area contributed by atoms with E-state index < -0.39 is 0 Å². The highest BCUT2D eigenvalue weighted by molar-refractivity contribution is 8.00. The van der Waals surface area contributed by atoms with Gasteiger partial charge in [0.2, 0.25) is 5.91 Å². The van der Waals surface area contributed by atoms with Crippen molar-refractivity contribution in [2.45, 2.75) is 35.8 Å². The van der Waals surface area contributed by atoms with E-state index in [1.807, 2.05) is 23.1 Å². The number of hydrogen-bond acceptors (Lipinski definition) is 4. The molecule has 1 N–H and O–H groups in total. The maximum Gasteiger partial charge on any atom is 0.236 e. The molecule has 1 fully saturated rings. The predicted molar refractivity (Wildman–Crippen MR) is 86.7 cm³/mol. The number of nitrogens with zero attached hydrogens (tertiary/aromatic N) is 3. The van der Waals surface area contributed by atoms with Gasteiger partial charge in [-0.05, 0) is 25.0 Å². The summed E-state index contributed by atoms with van der Waals surface area (Å²) < 4.78 is 0. The number of amides is 1. The molecule has 2 atom stereocenters. The number of benzene rings is 1. The number of hydrogen-bond donors (Lipinski definition) is 1. The summed E-state index contributed by atoms with van der Waals surface area (Å²) in [5.74, 6) is 1.41. The van der Waals surface area contributed by atoms with Crippen LogP contribution >= 0.6 is 11.8 Å². The first-order chi connectivity index (χ1) is 10.8. The predicted octanol–water partition coefficient (Wildman–Crippen LogP) is 2.69. The van der Waals surface area contributed by atoms with E-state index in [1.165, 1.54) is 6.33 Å². The standard InChI is InChI=1S/C16H20N4OS/c1-2-14(22-13-6-4-3-5-7-13)16(21)20-9-8-12(10-20)15-17-11-18-19-15/h3-7,11-12,14H,2,8-10H2,1H3,(H,17,18,19)/t12-,14+/m1/s1. The Hall–Kier alpha value is -1.82. The van der Waals surface area contributed by atoms with Crippen molar-refractivity contribution in [1.82, 2.24) is 20.1 Å². The molecule has 6 heteroatoms. The summed E-state index contributed by atoms with van der Waals surface area (Å²) in [5.41, 5.74) is 0. The number of nitrogens with one attached hydrogen (secondary N) is 1. The largest absolute Gasteiger partial charge is 0.341 e. The number of likely N-dealkylation sites (tertiary alicyclic amines) is 1. The number of thioether (sulfide) groups is 1. The van der Waals surface area contributed by atoms with Crippen LogP contribution < -0.4 is 0 Å². The summed E-state index contributed by atoms with van der Waals surface area (Å²) in [5, 5.41) is 6.80. The molecule has 1 aliphatic heterocycles. The van der Waals surface area contributed by atoms with E-state index in [1.54, 1.807) is 11.8 Å². The SMILES string of the molecule is CC[C@H](Sc1ccccc1)C(=O)N1CC[C@@H](c2ncn[nH]2)C1. The summed E-state index contributed by atoms with van der Waals surface area (Å²) in [6.45, 7) is 3.61. The van der Waals surface area contributed by atoms with Gasteiger partial charge in [-0.15, -0.1) is 11.8 Å². The molecular formula is C16H20N4OS. The second kappa shape index (κ2) is 6.96. The zero-order valence-corrected chi connectivity index (χ0v) is 13.4. The first kappa shape index (κ1) is 15.1. The van der Waals surface area contributed by atoms with E-state index >= 15 is 0 Å². The van der Waals surface area contributed by atoms with Crippen LogP contribution in [-0.2, 0) is 4.79 Å². The summed E-state index contributed by atoms with van der Waals surface area (Å²) in [6, 6.07) is 10.1. The summed E-state index contributed by atoms with van der Waals surface area (Å²) in [4.78, 5) is 20.1. The average molecular weight is 316 g/mol. The minimum absolute atomic E-state index is 0.0177. The zero-order valence-electron chi connectivity index (χ0n) is 12.6. The van der Waals surface area contributed by atoms with E-state index in [9.17, 15) is 4.79 Å². The third-order valence-electron chi connectivity index (χ3n) is 3.99. The van der Waals surface area contributed by atoms with E-state index in [0.717, 1.165) is 36.7 Å². The fourth-order valence-corrected chi connectivity index (χ4v) is 3.83. The molecule has 0 spiro atoms. The van der Waals surface area contributed by atoms with E-state index in [0.29, 0.717) is 0 Å². The van der Waals surface area contributed by atoms with Crippen molar-refractivity contribution in [1.29, 1.82) is 0 Å². The molecule has 116 valence electrons. The molecule has 0 aliphatic carbocycles. The molecule has 0 unspecified atom stereocenters. The van der Waals surface area contributed by atoms with E-state index in [4.69, 9.17) is 0 Å². The van der Waals surface area contributed by atoms with Crippen molar-refractivity contribution in [3.8, 4) is 0 Å². The van der Waals surface area contributed by atoms with Crippen LogP contribution in [0.2, 0.25) is 0 Å². The molecule has 1 aromatic heterocycles. The van der Waals surface area contributed by atoms with Gasteiger partial charge in [-0.25, -0.2) is 4.98 Å². The normalized spacial score (nSPS) is 19.3. The zero-order chi connectivity index (χ0) is 15.4. The van der Waals surface area contributed by atoms with Gasteiger partial charge in [0.25, 0.3) is 0 Å². The number of aromatic nitrogens is 3. The lowest BCUT2D eigenvalue weighted by Crippen LogP contribution is -2.35. The van der Waals surface area contributed by atoms with Crippen molar-refractivity contribution in [3.63, 3.8) is 0 Å². The van der Waals surface area contributed by atoms with Gasteiger partial charge in [0.05, 0.1) is 5.25 Å². The lowest BCUT2D eigenvalue weighted by Gasteiger charge is -2.22. The third kappa shape index (κ3) is 3.32. The van der Waals surface area contributed by atoms with Crippen LogP contribution in [0, 0.1) is 0 Å². The van der Waals surface area contributed by atoms with E-state index in [2.05, 4.69) is 34.2 Å². The molecular weight excluding hydrogens is 296 g/mol. The van der Waals surface area contributed by atoms with Crippen LogP contribution in [0.3, 0.4) is 0 Å². The molecule has 2 heterocycles. The van der Waals surface area contributed by atoms with Crippen LogP contribution in [0.5, 0.6) is 0 Å². The Balaban J connectivity index is 1.62. The number of aromatic amines is 1. The van der Waals surface area contributed by atoms with Crippen LogP contribution in [0.4, 0.5) is 0 Å². The molecule has 3 rings (SSSR count). The molecule has 0 bridgehead atoms. The maximum atomic E-state index is 12.8. The van der Waals surface area contributed by atoms with Crippen molar-refractivity contribution >= 4 is 17.7 Å². The van der Waals surface area contributed by atoms with Gasteiger partial charge in [-0.3, -0.25) is 9.89 Å². The summed E-state index contributed by atoms with van der Waals surface area (Å²) in [7, 11) is 0. The van der Waals surface area contributed by atoms with Crippen LogP contribution in [-0.4, -0.2) is 44.3 Å². The Morgan fingerprint density at radius 1 is 1.45 bits per heavy atom. The minimum atomic E-state index is -0.0177. The van der Waals surface area contributed by atoms with Gasteiger partial charge in [-0.1, -0.05) is 25.1 Å². The Kier molecular flexibility index (Phi) is 4.77. The molecule has 1 aliphatic rings. The van der Waals surface area contributed by atoms with Gasteiger partial charge in [0.15, 0.2) is 0 Å². The van der Waals surface area contributed by atoms with Crippen LogP contribution in [0.1, 0.15) is 31.5 Å². The molecule has 1 saturated heterocycles. The van der Waals surface area contributed by atoms with Gasteiger partial charge in [-0.2, -0.15) is 5.10 Å². The fourth-order valence-electron chi connectivity index (χ4n) is 2.77. The highest BCUT2D eigenvalue weighted by atomic mass is 32.2. The lowest BCUT2D eigenvalue weighted by molar-refractivity contribution is -0.129. The first-order valence-electron chi connectivity index (χ1n) is 7.63. The highest BCUT2D eigenvalue weighted by Crippen LogP contribution is 2.30. The first-order valence-corrected chi connectivity index (χ1v) is 8.51. The van der Waals surface area contributed by atoms with Gasteiger partial charge in [0.1, 0.15) is 12.2 Å². The second-order valence-corrected chi connectivity index (χ2v) is 6.74. The molecule has 0 saturated carbocycles. The molecule has 22 heavy (non-hydrogen) atoms. The quantitative estimate of drug-likeness (QED) is 0.862. The van der Waals surface area contributed by atoms with Gasteiger partial charge in [0, 0.05) is 23.9 Å². The minimum Gasteiger partial charge on any atom is -0.341 e. The number of carbonyl (C=O) groups excluding carboxylic acids is 1. The fraction of sp³-hybridized carbons (Fsp3) is 0.438. The molecule has 1 amide bonds. The smallest absolute Gasteiger partial charge is 0.236 e. The maximum absolute atomic E-state index is 12.8. The number of rotatable bonds is 5. The Bertz CT molecular complexity index is 602. The van der Waals surface area contributed by atoms with E-state index in [-0.39, 0.29) is 17.1 Å². The average Bonchev–Trinajstić information content (AvgIpc) is 3.23. The number of H-pyrrole nitrogens is 1. The Labute approximate surface area is 134 Å². The summed E-state index contributed by atoms with van der Waals surface area (Å²) >= 11 is 1.66. The molecule has 2 aromatic rings. The van der Waals surface area contributed by atoms with Crippen molar-refractivity contribution in [2.24, 2.45) is 0 Å². The third-order valence-corrected chi connectivity index (χ3v) is 5.35. The van der Waals surface area contributed by atoms with Gasteiger partial charge >= 0.3 is 0 Å². The van der Waals surface area contributed by atoms with Crippen molar-refractivity contribution in [3.05, 3.63) is 42.5 Å². The topological polar surface area (TPSA) is 61.9 Å². The van der Waals surface area contributed by atoms with Crippen LogP contribution in [0.15, 0.2) is 41.6 Å². The van der Waals surface area contributed by atoms with Crippen molar-refractivity contribution < 1.29 is 4.79 Å². The Morgan fingerprint density at radius 3 is 2.95 bits per heavy atom. The highest BCUT2D eigenvalue weighted by Gasteiger charge is 2.32. The number of carbonyl (C=O) groups is 1. The van der Waals surface area contributed by atoms with Crippen LogP contribution in [0.25, 0.3) is 0 Å². The van der Waals surface area contributed by atoms with Gasteiger partial charge < -0.3 is 4.90 Å². The monoisotopic (exact) mass is 316 g/mol. The van der Waals surface area contributed by atoms with Crippen molar-refractivity contribution in [2.75, 3.05) is 13.1 Å².